The second-order valence-corrected chi connectivity index (χ2v) is 6.88. The van der Waals surface area contributed by atoms with Crippen molar-refractivity contribution in [3.8, 4) is 17.1 Å². The van der Waals surface area contributed by atoms with Gasteiger partial charge < -0.3 is 4.42 Å². The van der Waals surface area contributed by atoms with E-state index in [-0.39, 0.29) is 11.7 Å². The molecule has 0 radical (unpaired) electrons. The van der Waals surface area contributed by atoms with Gasteiger partial charge in [-0.15, -0.1) is 10.2 Å². The first kappa shape index (κ1) is 18.7. The van der Waals surface area contributed by atoms with Crippen LogP contribution in [0.25, 0.3) is 17.1 Å². The Kier molecular flexibility index (Phi) is 5.82. The van der Waals surface area contributed by atoms with Crippen LogP contribution in [-0.2, 0) is 4.79 Å². The number of aromatic nitrogens is 3. The molecule has 4 aromatic rings. The normalized spacial score (nSPS) is 11.0. The maximum atomic E-state index is 12.1. The fourth-order valence-corrected chi connectivity index (χ4v) is 3.39. The maximum absolute atomic E-state index is 12.1. The lowest BCUT2D eigenvalue weighted by Crippen LogP contribution is -2.19. The molecule has 1 amide bonds. The Balaban J connectivity index is 1.51. The summed E-state index contributed by atoms with van der Waals surface area (Å²) in [4.78, 5) is 12.1. The fraction of sp³-hybridized carbons (Fsp3) is 0.0476. The predicted octanol–water partition coefficient (Wildman–Crippen LogP) is 3.77. The van der Waals surface area contributed by atoms with Crippen molar-refractivity contribution in [3.05, 3.63) is 84.8 Å². The van der Waals surface area contributed by atoms with Crippen LogP contribution in [0.5, 0.6) is 0 Å². The summed E-state index contributed by atoms with van der Waals surface area (Å²) < 4.78 is 7.07. The van der Waals surface area contributed by atoms with Crippen LogP contribution in [0.2, 0.25) is 0 Å². The molecule has 7 nitrogen and oxygen atoms in total. The molecule has 2 aromatic heterocycles. The summed E-state index contributed by atoms with van der Waals surface area (Å²) >= 11 is 1.29. The van der Waals surface area contributed by atoms with Gasteiger partial charge in [0, 0.05) is 11.3 Å². The average Bonchev–Trinajstić information content (AvgIpc) is 3.43. The molecule has 144 valence electrons. The molecule has 2 aromatic carbocycles. The number of carbonyl (C=O) groups is 1. The second-order valence-electron chi connectivity index (χ2n) is 5.94. The first-order valence-electron chi connectivity index (χ1n) is 8.86. The molecular weight excluding hydrogens is 386 g/mol. The number of nitrogens with one attached hydrogen (secondary N) is 1. The number of amides is 1. The minimum Gasteiger partial charge on any atom is -0.463 e. The van der Waals surface area contributed by atoms with Gasteiger partial charge in [0.25, 0.3) is 5.91 Å². The van der Waals surface area contributed by atoms with Gasteiger partial charge in [-0.25, -0.2) is 5.43 Å². The number of thioether (sulfide) groups is 1. The van der Waals surface area contributed by atoms with Crippen molar-refractivity contribution in [2.45, 2.75) is 5.16 Å². The number of furan rings is 1. The standard InChI is InChI=1S/C21H17N5O2S/c27-19(23-22-14-18-12-7-13-28-18)15-29-21-25-24-20(16-8-3-1-4-9-16)26(21)17-10-5-2-6-11-17/h1-14H,15H2,(H,23,27)/b22-14-. The molecule has 0 saturated carbocycles. The number of carbonyl (C=O) groups excluding carboxylic acids is 1. The van der Waals surface area contributed by atoms with Crippen molar-refractivity contribution in [1.82, 2.24) is 20.2 Å². The van der Waals surface area contributed by atoms with E-state index >= 15 is 0 Å². The van der Waals surface area contributed by atoms with E-state index in [1.165, 1.54) is 18.0 Å². The van der Waals surface area contributed by atoms with Crippen molar-refractivity contribution >= 4 is 23.9 Å². The van der Waals surface area contributed by atoms with Crippen LogP contribution < -0.4 is 5.43 Å². The summed E-state index contributed by atoms with van der Waals surface area (Å²) in [6.45, 7) is 0. The fourth-order valence-electron chi connectivity index (χ4n) is 2.64. The summed E-state index contributed by atoms with van der Waals surface area (Å²) in [7, 11) is 0. The van der Waals surface area contributed by atoms with Gasteiger partial charge in [0.1, 0.15) is 5.76 Å². The number of rotatable bonds is 7. The zero-order valence-electron chi connectivity index (χ0n) is 15.3. The number of benzene rings is 2. The minimum atomic E-state index is -0.248. The quantitative estimate of drug-likeness (QED) is 0.288. The zero-order valence-corrected chi connectivity index (χ0v) is 16.1. The number of hydrogen-bond donors (Lipinski definition) is 1. The number of nitrogens with zero attached hydrogens (tertiary/aromatic N) is 4. The van der Waals surface area contributed by atoms with Crippen LogP contribution in [0.1, 0.15) is 5.76 Å². The molecule has 29 heavy (non-hydrogen) atoms. The topological polar surface area (TPSA) is 85.3 Å². The molecule has 0 spiro atoms. The molecule has 0 bridgehead atoms. The summed E-state index contributed by atoms with van der Waals surface area (Å²) in [5, 5.41) is 13.2. The first-order valence-corrected chi connectivity index (χ1v) is 9.84. The molecule has 8 heteroatoms. The molecular formula is C21H17N5O2S. The first-order chi connectivity index (χ1) is 14.3. The second kappa shape index (κ2) is 9.03. The lowest BCUT2D eigenvalue weighted by Gasteiger charge is -2.10. The van der Waals surface area contributed by atoms with Gasteiger partial charge in [0.15, 0.2) is 11.0 Å². The van der Waals surface area contributed by atoms with Crippen molar-refractivity contribution in [3.63, 3.8) is 0 Å². The van der Waals surface area contributed by atoms with E-state index in [1.807, 2.05) is 65.2 Å². The van der Waals surface area contributed by atoms with E-state index in [1.54, 1.807) is 18.4 Å². The number of hydrazone groups is 1. The van der Waals surface area contributed by atoms with Crippen LogP contribution in [0.15, 0.2) is 93.7 Å². The highest BCUT2D eigenvalue weighted by molar-refractivity contribution is 7.99. The SMILES string of the molecule is O=C(CSc1nnc(-c2ccccc2)n1-c1ccccc1)N/N=C\c1ccco1. The Labute approximate surface area is 171 Å². The van der Waals surface area contributed by atoms with Crippen LogP contribution in [0, 0.1) is 0 Å². The molecule has 4 rings (SSSR count). The van der Waals surface area contributed by atoms with E-state index in [2.05, 4.69) is 20.7 Å². The molecule has 0 atom stereocenters. The van der Waals surface area contributed by atoms with Gasteiger partial charge in [-0.05, 0) is 24.3 Å². The van der Waals surface area contributed by atoms with E-state index < -0.39 is 0 Å². The van der Waals surface area contributed by atoms with Crippen LogP contribution in [0.3, 0.4) is 0 Å². The van der Waals surface area contributed by atoms with Crippen LogP contribution in [0.4, 0.5) is 0 Å². The third-order valence-corrected chi connectivity index (χ3v) is 4.87. The smallest absolute Gasteiger partial charge is 0.250 e. The monoisotopic (exact) mass is 403 g/mol. The molecule has 2 heterocycles. The summed E-state index contributed by atoms with van der Waals surface area (Å²) in [6, 6.07) is 23.1. The molecule has 1 N–H and O–H groups in total. The lowest BCUT2D eigenvalue weighted by atomic mass is 10.2. The van der Waals surface area contributed by atoms with Crippen molar-refractivity contribution in [1.29, 1.82) is 0 Å². The van der Waals surface area contributed by atoms with E-state index in [4.69, 9.17) is 4.42 Å². The Morgan fingerprint density at radius 3 is 2.52 bits per heavy atom. The highest BCUT2D eigenvalue weighted by atomic mass is 32.2. The van der Waals surface area contributed by atoms with Crippen molar-refractivity contribution < 1.29 is 9.21 Å². The number of para-hydroxylation sites is 1. The van der Waals surface area contributed by atoms with Gasteiger partial charge in [0.2, 0.25) is 0 Å². The Morgan fingerprint density at radius 1 is 1.03 bits per heavy atom. The van der Waals surface area contributed by atoms with E-state index in [0.717, 1.165) is 17.1 Å². The van der Waals surface area contributed by atoms with Crippen LogP contribution in [-0.4, -0.2) is 32.6 Å². The molecule has 0 fully saturated rings. The summed E-state index contributed by atoms with van der Waals surface area (Å²) in [5.74, 6) is 1.18. The third-order valence-electron chi connectivity index (χ3n) is 3.94. The lowest BCUT2D eigenvalue weighted by molar-refractivity contribution is -0.118. The third kappa shape index (κ3) is 4.61. The Morgan fingerprint density at radius 2 is 1.79 bits per heavy atom. The summed E-state index contributed by atoms with van der Waals surface area (Å²) in [5.41, 5.74) is 4.35. The highest BCUT2D eigenvalue weighted by Gasteiger charge is 2.16. The number of hydrogen-bond acceptors (Lipinski definition) is 6. The highest BCUT2D eigenvalue weighted by Crippen LogP contribution is 2.27. The minimum absolute atomic E-state index is 0.148. The molecule has 0 saturated heterocycles. The van der Waals surface area contributed by atoms with Gasteiger partial charge >= 0.3 is 0 Å². The largest absolute Gasteiger partial charge is 0.463 e. The van der Waals surface area contributed by atoms with Gasteiger partial charge in [-0.3, -0.25) is 9.36 Å². The zero-order chi connectivity index (χ0) is 19.9. The van der Waals surface area contributed by atoms with Crippen LogP contribution >= 0.6 is 11.8 Å². The van der Waals surface area contributed by atoms with Gasteiger partial charge in [-0.1, -0.05) is 60.3 Å². The maximum Gasteiger partial charge on any atom is 0.250 e. The predicted molar refractivity (Wildman–Crippen MR) is 112 cm³/mol. The molecule has 0 aliphatic carbocycles. The van der Waals surface area contributed by atoms with Gasteiger partial charge in [0.05, 0.1) is 18.2 Å². The van der Waals surface area contributed by atoms with Gasteiger partial charge in [-0.2, -0.15) is 5.10 Å². The molecule has 0 aliphatic heterocycles. The molecule has 0 unspecified atom stereocenters. The summed E-state index contributed by atoms with van der Waals surface area (Å²) in [6.07, 6.45) is 2.99. The van der Waals surface area contributed by atoms with Crippen molar-refractivity contribution in [2.24, 2.45) is 5.10 Å². The average molecular weight is 403 g/mol. The van der Waals surface area contributed by atoms with E-state index in [0.29, 0.717) is 10.9 Å². The Hall–Kier alpha value is -3.65. The molecule has 0 aliphatic rings. The van der Waals surface area contributed by atoms with E-state index in [9.17, 15) is 4.79 Å². The Bertz CT molecular complexity index is 1090. The van der Waals surface area contributed by atoms with Crippen molar-refractivity contribution in [2.75, 3.05) is 5.75 Å².